The van der Waals surface area contributed by atoms with E-state index in [-0.39, 0.29) is 11.7 Å². The minimum absolute atomic E-state index is 0.0692. The standard InChI is InChI=1S/C31H31N5O2S2/c1-3-5-6-19-27(37)31(33-29-28(34-35-31)20-13-7-8-14-21(20)32-29)40-24(4-2)30(38)36-22-15-9-11-17-25(22)39-26-18-12-10-16-23(26)36/h7-18,24,35H,3-6,19H2,1-2H3,(H,32,33). The van der Waals surface area contributed by atoms with E-state index in [1.807, 2.05) is 84.6 Å². The van der Waals surface area contributed by atoms with Crippen molar-refractivity contribution in [3.63, 3.8) is 0 Å². The number of amides is 1. The number of unbranched alkanes of at least 4 members (excludes halogenated alkanes) is 2. The molecule has 0 aliphatic carbocycles. The van der Waals surface area contributed by atoms with Crippen LogP contribution in [0.1, 0.15) is 46.0 Å². The maximum absolute atomic E-state index is 14.4. The van der Waals surface area contributed by atoms with Crippen LogP contribution in [0.5, 0.6) is 0 Å². The third-order valence-electron chi connectivity index (χ3n) is 7.25. The van der Waals surface area contributed by atoms with Gasteiger partial charge in [0.05, 0.1) is 16.6 Å². The van der Waals surface area contributed by atoms with Crippen molar-refractivity contribution in [1.82, 2.24) is 10.4 Å². The summed E-state index contributed by atoms with van der Waals surface area (Å²) in [7, 11) is 0. The lowest BCUT2D eigenvalue weighted by Gasteiger charge is -2.36. The molecule has 1 amide bonds. The molecular formula is C31H31N5O2S2. The summed E-state index contributed by atoms with van der Waals surface area (Å²) in [5.74, 6) is -0.145. The second kappa shape index (κ2) is 11.1. The summed E-state index contributed by atoms with van der Waals surface area (Å²) in [5.41, 5.74) is 6.31. The number of aromatic amines is 1. The molecule has 0 saturated carbocycles. The Labute approximate surface area is 241 Å². The second-order valence-electron chi connectivity index (χ2n) is 9.95. The smallest absolute Gasteiger partial charge is 0.254 e. The van der Waals surface area contributed by atoms with E-state index < -0.39 is 10.2 Å². The van der Waals surface area contributed by atoms with E-state index in [1.165, 1.54) is 11.8 Å². The molecule has 2 aliphatic rings. The summed E-state index contributed by atoms with van der Waals surface area (Å²) < 4.78 is 0. The van der Waals surface area contributed by atoms with Crippen LogP contribution < -0.4 is 21.2 Å². The normalized spacial score (nSPS) is 18.0. The number of nitrogens with one attached hydrogen (secondary N) is 2. The third kappa shape index (κ3) is 4.71. The zero-order valence-corrected chi connectivity index (χ0v) is 24.1. The number of anilines is 2. The van der Waals surface area contributed by atoms with Crippen molar-refractivity contribution in [3.8, 4) is 0 Å². The monoisotopic (exact) mass is 569 g/mol. The van der Waals surface area contributed by atoms with E-state index in [9.17, 15) is 9.59 Å². The topological polar surface area (TPSA) is 89.9 Å². The van der Waals surface area contributed by atoms with Gasteiger partial charge in [-0.05, 0) is 43.2 Å². The summed E-state index contributed by atoms with van der Waals surface area (Å²) in [4.78, 5) is 39.1. The molecule has 3 aromatic carbocycles. The first-order valence-corrected chi connectivity index (χ1v) is 15.5. The van der Waals surface area contributed by atoms with Gasteiger partial charge in [0.15, 0.2) is 11.3 Å². The van der Waals surface area contributed by atoms with E-state index in [4.69, 9.17) is 4.99 Å². The molecule has 0 radical (unpaired) electrons. The number of hydrogen-bond donors (Lipinski definition) is 2. The Balaban J connectivity index is 1.40. The lowest BCUT2D eigenvalue weighted by atomic mass is 10.1. The number of fused-ring (bicyclic) bond motifs is 5. The number of H-pyrrole nitrogens is 1. The fraction of sp³-hybridized carbons (Fsp3) is 0.290. The van der Waals surface area contributed by atoms with Gasteiger partial charge in [-0.1, -0.05) is 92.7 Å². The first-order valence-electron chi connectivity index (χ1n) is 13.8. The van der Waals surface area contributed by atoms with Crippen LogP contribution in [0.15, 0.2) is 92.7 Å². The molecule has 2 aliphatic heterocycles. The van der Waals surface area contributed by atoms with Gasteiger partial charge in [0.25, 0.3) is 4.99 Å². The third-order valence-corrected chi connectivity index (χ3v) is 9.95. The highest BCUT2D eigenvalue weighted by Gasteiger charge is 2.45. The Hall–Kier alpha value is -3.56. The Morgan fingerprint density at radius 1 is 0.950 bits per heavy atom. The molecule has 1 aromatic heterocycles. The van der Waals surface area contributed by atoms with Crippen LogP contribution in [-0.2, 0) is 9.59 Å². The molecule has 2 N–H and O–H groups in total. The van der Waals surface area contributed by atoms with Crippen molar-refractivity contribution in [1.29, 1.82) is 0 Å². The van der Waals surface area contributed by atoms with Crippen LogP contribution in [0, 0.1) is 0 Å². The highest BCUT2D eigenvalue weighted by atomic mass is 32.2. The maximum atomic E-state index is 14.4. The number of thioether (sulfide) groups is 1. The number of nitrogens with zero attached hydrogens (tertiary/aromatic N) is 3. The molecule has 40 heavy (non-hydrogen) atoms. The van der Waals surface area contributed by atoms with Crippen molar-refractivity contribution in [2.24, 2.45) is 10.1 Å². The van der Waals surface area contributed by atoms with Crippen LogP contribution in [-0.4, -0.2) is 26.9 Å². The summed E-state index contributed by atoms with van der Waals surface area (Å²) in [6.45, 7) is 4.10. The Morgan fingerprint density at radius 3 is 2.33 bits per heavy atom. The molecular weight excluding hydrogens is 539 g/mol. The second-order valence-corrected chi connectivity index (χ2v) is 12.4. The molecule has 4 aromatic rings. The van der Waals surface area contributed by atoms with Crippen molar-refractivity contribution >= 4 is 57.5 Å². The quantitative estimate of drug-likeness (QED) is 0.239. The van der Waals surface area contributed by atoms with E-state index >= 15 is 0 Å². The predicted molar refractivity (Wildman–Crippen MR) is 161 cm³/mol. The number of hydrogen-bond acceptors (Lipinski definition) is 7. The van der Waals surface area contributed by atoms with Gasteiger partial charge in [-0.25, -0.2) is 4.99 Å². The van der Waals surface area contributed by atoms with Crippen LogP contribution in [0.4, 0.5) is 11.4 Å². The molecule has 0 bridgehead atoms. The Morgan fingerprint density at radius 2 is 1.62 bits per heavy atom. The number of para-hydroxylation sites is 3. The molecule has 204 valence electrons. The number of rotatable bonds is 9. The van der Waals surface area contributed by atoms with E-state index in [0.717, 1.165) is 51.3 Å². The summed E-state index contributed by atoms with van der Waals surface area (Å²) in [5, 5.41) is 5.75. The van der Waals surface area contributed by atoms with Gasteiger partial charge in [0.2, 0.25) is 5.91 Å². The highest BCUT2D eigenvalue weighted by molar-refractivity contribution is 8.02. The lowest BCUT2D eigenvalue weighted by molar-refractivity contribution is -0.122. The average Bonchev–Trinajstić information content (AvgIpc) is 3.35. The zero-order valence-electron chi connectivity index (χ0n) is 22.5. The van der Waals surface area contributed by atoms with Crippen molar-refractivity contribution < 1.29 is 9.59 Å². The van der Waals surface area contributed by atoms with Crippen LogP contribution in [0.3, 0.4) is 0 Å². The number of ketones is 1. The fourth-order valence-corrected chi connectivity index (χ4v) is 7.49. The van der Waals surface area contributed by atoms with Crippen LogP contribution >= 0.6 is 23.5 Å². The van der Waals surface area contributed by atoms with Gasteiger partial charge < -0.3 is 4.98 Å². The largest absolute Gasteiger partial charge is 0.338 e. The highest BCUT2D eigenvalue weighted by Crippen LogP contribution is 2.49. The van der Waals surface area contributed by atoms with Crippen molar-refractivity contribution in [2.75, 3.05) is 4.90 Å². The average molecular weight is 570 g/mol. The predicted octanol–water partition coefficient (Wildman–Crippen LogP) is 6.07. The van der Waals surface area contributed by atoms with Crippen LogP contribution in [0.25, 0.3) is 10.9 Å². The summed E-state index contributed by atoms with van der Waals surface area (Å²) >= 11 is 2.93. The summed E-state index contributed by atoms with van der Waals surface area (Å²) in [6.07, 6.45) is 3.62. The molecule has 2 atom stereocenters. The van der Waals surface area contributed by atoms with E-state index in [2.05, 4.69) is 22.4 Å². The van der Waals surface area contributed by atoms with Crippen molar-refractivity contribution in [3.05, 3.63) is 83.6 Å². The van der Waals surface area contributed by atoms with Gasteiger partial charge in [0.1, 0.15) is 5.36 Å². The van der Waals surface area contributed by atoms with E-state index in [1.54, 1.807) is 11.8 Å². The van der Waals surface area contributed by atoms with Crippen LogP contribution in [0.2, 0.25) is 0 Å². The zero-order chi connectivity index (χ0) is 27.7. The molecule has 6 rings (SSSR count). The molecule has 7 nitrogen and oxygen atoms in total. The number of Topliss-reactive ketones (excluding diaryl/α,β-unsaturated/α-hetero) is 1. The molecule has 3 heterocycles. The first kappa shape index (κ1) is 26.7. The fourth-order valence-electron chi connectivity index (χ4n) is 5.17. The SMILES string of the molecule is CCCCCC(=O)C1(SC(CC)C(=O)N2c3ccccc3Sc3ccccc32)N=c2[nH]c3ccccc3c2=NN1. The Bertz CT molecular complexity index is 1670. The Kier molecular flexibility index (Phi) is 7.42. The van der Waals surface area contributed by atoms with Gasteiger partial charge in [0, 0.05) is 27.1 Å². The number of aromatic nitrogens is 1. The van der Waals surface area contributed by atoms with Gasteiger partial charge in [-0.2, -0.15) is 5.10 Å². The van der Waals surface area contributed by atoms with Gasteiger partial charge in [-0.3, -0.25) is 19.9 Å². The minimum atomic E-state index is -1.40. The number of carbonyl (C=O) groups excluding carboxylic acids is 2. The molecule has 9 heteroatoms. The molecule has 0 saturated heterocycles. The van der Waals surface area contributed by atoms with Crippen molar-refractivity contribution in [2.45, 2.75) is 66.0 Å². The van der Waals surface area contributed by atoms with Gasteiger partial charge in [-0.15, -0.1) is 0 Å². The molecule has 0 spiro atoms. The summed E-state index contributed by atoms with van der Waals surface area (Å²) in [6, 6.07) is 23.8. The lowest BCUT2D eigenvalue weighted by Crippen LogP contribution is -2.54. The minimum Gasteiger partial charge on any atom is -0.338 e. The number of carbonyl (C=O) groups is 2. The molecule has 2 unspecified atom stereocenters. The maximum Gasteiger partial charge on any atom is 0.254 e. The number of benzene rings is 3. The van der Waals surface area contributed by atoms with E-state index in [0.29, 0.717) is 23.7 Å². The van der Waals surface area contributed by atoms with Gasteiger partial charge >= 0.3 is 0 Å². The molecule has 0 fully saturated rings. The first-order chi connectivity index (χ1) is 19.5.